The molecule has 0 saturated carbocycles. The molecule has 0 saturated heterocycles. The van der Waals surface area contributed by atoms with Gasteiger partial charge in [0.15, 0.2) is 0 Å². The Kier molecular flexibility index (Phi) is 4.07. The largest absolute Gasteiger partial charge is 0.385 e. The molecule has 0 radical (unpaired) electrons. The summed E-state index contributed by atoms with van der Waals surface area (Å²) in [6.45, 7) is 8.08. The molecule has 2 rings (SSSR count). The SMILES string of the molecule is CCc1ccc(C(C)(O)Cc2nc(C)c(C)s2)cc1. The van der Waals surface area contributed by atoms with E-state index in [1.165, 1.54) is 10.4 Å². The van der Waals surface area contributed by atoms with Gasteiger partial charge in [-0.3, -0.25) is 0 Å². The predicted molar refractivity (Wildman–Crippen MR) is 80.7 cm³/mol. The van der Waals surface area contributed by atoms with Crippen molar-refractivity contribution in [1.82, 2.24) is 4.98 Å². The van der Waals surface area contributed by atoms with Crippen molar-refractivity contribution in [2.75, 3.05) is 0 Å². The highest BCUT2D eigenvalue weighted by molar-refractivity contribution is 7.11. The second kappa shape index (κ2) is 5.43. The van der Waals surface area contributed by atoms with Gasteiger partial charge in [0.25, 0.3) is 0 Å². The normalized spacial score (nSPS) is 14.4. The molecule has 1 heterocycles. The third kappa shape index (κ3) is 3.23. The highest BCUT2D eigenvalue weighted by Gasteiger charge is 2.25. The Morgan fingerprint density at radius 3 is 2.32 bits per heavy atom. The molecule has 0 aliphatic rings. The molecule has 0 aliphatic heterocycles. The Morgan fingerprint density at radius 2 is 1.84 bits per heavy atom. The third-order valence-electron chi connectivity index (χ3n) is 3.55. The van der Waals surface area contributed by atoms with Gasteiger partial charge in [0.2, 0.25) is 0 Å². The lowest BCUT2D eigenvalue weighted by Crippen LogP contribution is -2.24. The van der Waals surface area contributed by atoms with Crippen LogP contribution in [-0.4, -0.2) is 10.1 Å². The lowest BCUT2D eigenvalue weighted by Gasteiger charge is -2.23. The highest BCUT2D eigenvalue weighted by atomic mass is 32.1. The van der Waals surface area contributed by atoms with Crippen molar-refractivity contribution in [3.05, 3.63) is 51.0 Å². The molecule has 2 aromatic rings. The number of rotatable bonds is 4. The molecular weight excluding hydrogens is 254 g/mol. The molecule has 102 valence electrons. The highest BCUT2D eigenvalue weighted by Crippen LogP contribution is 2.28. The second-order valence-electron chi connectivity index (χ2n) is 5.25. The van der Waals surface area contributed by atoms with Gasteiger partial charge in [-0.1, -0.05) is 31.2 Å². The third-order valence-corrected chi connectivity index (χ3v) is 4.63. The number of aliphatic hydroxyl groups is 1. The van der Waals surface area contributed by atoms with Crippen LogP contribution in [0.5, 0.6) is 0 Å². The summed E-state index contributed by atoms with van der Waals surface area (Å²) in [5.74, 6) is 0. The Morgan fingerprint density at radius 1 is 1.21 bits per heavy atom. The molecule has 0 aliphatic carbocycles. The van der Waals surface area contributed by atoms with Gasteiger partial charge in [0.1, 0.15) is 0 Å². The standard InChI is InChI=1S/C16H21NOS/c1-5-13-6-8-14(9-7-13)16(4,18)10-15-17-11(2)12(3)19-15/h6-9,18H,5,10H2,1-4H3. The Bertz CT molecular complexity index is 535. The van der Waals surface area contributed by atoms with Gasteiger partial charge in [-0.05, 0) is 38.3 Å². The predicted octanol–water partition coefficient (Wildman–Crippen LogP) is 3.77. The first-order valence-electron chi connectivity index (χ1n) is 6.67. The van der Waals surface area contributed by atoms with E-state index in [-0.39, 0.29) is 0 Å². The minimum Gasteiger partial charge on any atom is -0.385 e. The van der Waals surface area contributed by atoms with E-state index in [1.807, 2.05) is 26.0 Å². The molecule has 1 N–H and O–H groups in total. The van der Waals surface area contributed by atoms with Gasteiger partial charge in [-0.25, -0.2) is 4.98 Å². The monoisotopic (exact) mass is 275 g/mol. The van der Waals surface area contributed by atoms with E-state index in [0.717, 1.165) is 22.7 Å². The average Bonchev–Trinajstić information content (AvgIpc) is 2.67. The van der Waals surface area contributed by atoms with Crippen molar-refractivity contribution >= 4 is 11.3 Å². The summed E-state index contributed by atoms with van der Waals surface area (Å²) in [6.07, 6.45) is 1.59. The molecule has 3 heteroatoms. The topological polar surface area (TPSA) is 33.1 Å². The van der Waals surface area contributed by atoms with Crippen LogP contribution in [0.15, 0.2) is 24.3 Å². The Hall–Kier alpha value is -1.19. The Balaban J connectivity index is 2.20. The summed E-state index contributed by atoms with van der Waals surface area (Å²) in [7, 11) is 0. The number of aromatic nitrogens is 1. The van der Waals surface area contributed by atoms with Crippen molar-refractivity contribution in [2.45, 2.75) is 46.1 Å². The molecule has 0 fully saturated rings. The van der Waals surface area contributed by atoms with E-state index >= 15 is 0 Å². The van der Waals surface area contributed by atoms with Gasteiger partial charge in [-0.2, -0.15) is 0 Å². The zero-order valence-electron chi connectivity index (χ0n) is 12.0. The van der Waals surface area contributed by atoms with Gasteiger partial charge >= 0.3 is 0 Å². The van der Waals surface area contributed by atoms with Gasteiger partial charge in [-0.15, -0.1) is 11.3 Å². The first-order chi connectivity index (χ1) is 8.92. The van der Waals surface area contributed by atoms with Crippen LogP contribution >= 0.6 is 11.3 Å². The summed E-state index contributed by atoms with van der Waals surface area (Å²) in [6, 6.07) is 8.21. The van der Waals surface area contributed by atoms with E-state index in [0.29, 0.717) is 6.42 Å². The number of hydrogen-bond acceptors (Lipinski definition) is 3. The van der Waals surface area contributed by atoms with E-state index in [9.17, 15) is 5.11 Å². The number of nitrogens with zero attached hydrogens (tertiary/aromatic N) is 1. The lowest BCUT2D eigenvalue weighted by molar-refractivity contribution is 0.0575. The molecule has 1 unspecified atom stereocenters. The van der Waals surface area contributed by atoms with Crippen LogP contribution in [0.25, 0.3) is 0 Å². The molecule has 1 atom stereocenters. The fourth-order valence-electron chi connectivity index (χ4n) is 2.11. The van der Waals surface area contributed by atoms with E-state index in [1.54, 1.807) is 11.3 Å². The first-order valence-corrected chi connectivity index (χ1v) is 7.48. The summed E-state index contributed by atoms with van der Waals surface area (Å²) in [5.41, 5.74) is 2.45. The second-order valence-corrected chi connectivity index (χ2v) is 6.54. The van der Waals surface area contributed by atoms with Crippen LogP contribution in [0.2, 0.25) is 0 Å². The van der Waals surface area contributed by atoms with Crippen LogP contribution < -0.4 is 0 Å². The summed E-state index contributed by atoms with van der Waals surface area (Å²) >= 11 is 1.67. The molecule has 0 bridgehead atoms. The zero-order valence-corrected chi connectivity index (χ0v) is 12.8. The molecule has 2 nitrogen and oxygen atoms in total. The van der Waals surface area contributed by atoms with Crippen molar-refractivity contribution < 1.29 is 5.11 Å². The maximum Gasteiger partial charge on any atom is 0.0962 e. The maximum absolute atomic E-state index is 10.7. The van der Waals surface area contributed by atoms with Crippen LogP contribution in [0.4, 0.5) is 0 Å². The van der Waals surface area contributed by atoms with Crippen molar-refractivity contribution in [3.8, 4) is 0 Å². The Labute approximate surface area is 119 Å². The van der Waals surface area contributed by atoms with Crippen LogP contribution in [0, 0.1) is 13.8 Å². The lowest BCUT2D eigenvalue weighted by atomic mass is 9.92. The summed E-state index contributed by atoms with van der Waals surface area (Å²) < 4.78 is 0. The van der Waals surface area contributed by atoms with Crippen LogP contribution in [-0.2, 0) is 18.4 Å². The quantitative estimate of drug-likeness (QED) is 0.921. The molecule has 0 amide bonds. The van der Waals surface area contributed by atoms with Gasteiger partial charge < -0.3 is 5.11 Å². The van der Waals surface area contributed by atoms with Crippen LogP contribution in [0.3, 0.4) is 0 Å². The minimum atomic E-state index is -0.858. The van der Waals surface area contributed by atoms with Gasteiger partial charge in [0.05, 0.1) is 16.3 Å². The maximum atomic E-state index is 10.7. The fourth-order valence-corrected chi connectivity index (χ4v) is 3.19. The van der Waals surface area contributed by atoms with E-state index in [4.69, 9.17) is 0 Å². The fraction of sp³-hybridized carbons (Fsp3) is 0.438. The number of hydrogen-bond donors (Lipinski definition) is 1. The van der Waals surface area contributed by atoms with Crippen molar-refractivity contribution in [3.63, 3.8) is 0 Å². The van der Waals surface area contributed by atoms with E-state index < -0.39 is 5.60 Å². The molecule has 0 spiro atoms. The minimum absolute atomic E-state index is 0.567. The van der Waals surface area contributed by atoms with Crippen molar-refractivity contribution in [2.24, 2.45) is 0 Å². The average molecular weight is 275 g/mol. The van der Waals surface area contributed by atoms with Gasteiger partial charge in [0, 0.05) is 11.3 Å². The number of thiazole rings is 1. The van der Waals surface area contributed by atoms with Crippen molar-refractivity contribution in [1.29, 1.82) is 0 Å². The number of aryl methyl sites for hydroxylation is 3. The summed E-state index contributed by atoms with van der Waals surface area (Å²) in [5, 5.41) is 11.7. The molecular formula is C16H21NOS. The van der Waals surface area contributed by atoms with E-state index in [2.05, 4.69) is 31.0 Å². The summed E-state index contributed by atoms with van der Waals surface area (Å²) in [4.78, 5) is 5.74. The smallest absolute Gasteiger partial charge is 0.0962 e. The van der Waals surface area contributed by atoms with Crippen LogP contribution in [0.1, 0.15) is 40.6 Å². The first kappa shape index (κ1) is 14.2. The molecule has 1 aromatic heterocycles. The molecule has 1 aromatic carbocycles. The molecule has 19 heavy (non-hydrogen) atoms. The zero-order chi connectivity index (χ0) is 14.0. The number of benzene rings is 1.